The van der Waals surface area contributed by atoms with E-state index in [9.17, 15) is 23.2 Å². The van der Waals surface area contributed by atoms with Crippen molar-refractivity contribution >= 4 is 23.4 Å². The summed E-state index contributed by atoms with van der Waals surface area (Å²) in [5.74, 6) is -3.24. The van der Waals surface area contributed by atoms with Crippen molar-refractivity contribution in [3.05, 3.63) is 65.2 Å². The fourth-order valence-electron chi connectivity index (χ4n) is 3.73. The summed E-state index contributed by atoms with van der Waals surface area (Å²) < 4.78 is 27.7. The number of carbonyl (C=O) groups is 3. The smallest absolute Gasteiger partial charge is 0.247 e. The van der Waals surface area contributed by atoms with Crippen LogP contribution in [-0.2, 0) is 27.3 Å². The van der Waals surface area contributed by atoms with E-state index in [4.69, 9.17) is 0 Å². The predicted molar refractivity (Wildman–Crippen MR) is 101 cm³/mol. The van der Waals surface area contributed by atoms with Gasteiger partial charge in [-0.15, -0.1) is 0 Å². The normalized spacial score (nSPS) is 21.0. The Hall–Kier alpha value is -3.29. The number of anilines is 1. The standard InChI is InChI=1S/C21H19F2N3O3/c22-15-5-3-6-16(23)14(15)11-26-10-13(9-19(26)27)20(28)25-18-8-12-4-1-2-7-17(12)24-21(18)29/h1-7,13,18H,8-11H2,(H,24,29)(H,25,28). The Morgan fingerprint density at radius 3 is 2.55 bits per heavy atom. The molecule has 150 valence electrons. The summed E-state index contributed by atoms with van der Waals surface area (Å²) in [6, 6.07) is 10.1. The van der Waals surface area contributed by atoms with Gasteiger partial charge in [0.25, 0.3) is 0 Å². The molecule has 0 aromatic heterocycles. The first-order valence-electron chi connectivity index (χ1n) is 9.32. The minimum Gasteiger partial charge on any atom is -0.344 e. The van der Waals surface area contributed by atoms with E-state index < -0.39 is 29.5 Å². The SMILES string of the molecule is O=C(NC1Cc2ccccc2NC1=O)C1CC(=O)N(Cc2c(F)cccc2F)C1. The van der Waals surface area contributed by atoms with Crippen LogP contribution in [0.15, 0.2) is 42.5 Å². The summed E-state index contributed by atoms with van der Waals surface area (Å²) in [6.07, 6.45) is 0.297. The van der Waals surface area contributed by atoms with Crippen LogP contribution in [0.2, 0.25) is 0 Å². The highest BCUT2D eigenvalue weighted by atomic mass is 19.1. The minimum absolute atomic E-state index is 0.0450. The van der Waals surface area contributed by atoms with E-state index in [1.165, 1.54) is 11.0 Å². The van der Waals surface area contributed by atoms with Gasteiger partial charge in [-0.25, -0.2) is 8.78 Å². The molecule has 2 unspecified atom stereocenters. The van der Waals surface area contributed by atoms with E-state index in [1.54, 1.807) is 6.07 Å². The molecule has 1 fully saturated rings. The van der Waals surface area contributed by atoms with Gasteiger partial charge in [0.2, 0.25) is 17.7 Å². The summed E-state index contributed by atoms with van der Waals surface area (Å²) in [5, 5.41) is 5.46. The van der Waals surface area contributed by atoms with E-state index in [1.807, 2.05) is 18.2 Å². The Balaban J connectivity index is 1.40. The van der Waals surface area contributed by atoms with Gasteiger partial charge in [0.05, 0.1) is 12.5 Å². The van der Waals surface area contributed by atoms with Crippen molar-refractivity contribution in [3.63, 3.8) is 0 Å². The molecule has 0 radical (unpaired) electrons. The molecule has 2 aromatic carbocycles. The molecule has 29 heavy (non-hydrogen) atoms. The van der Waals surface area contributed by atoms with E-state index in [0.717, 1.165) is 23.4 Å². The molecule has 6 nitrogen and oxygen atoms in total. The van der Waals surface area contributed by atoms with Gasteiger partial charge >= 0.3 is 0 Å². The number of hydrogen-bond acceptors (Lipinski definition) is 3. The Bertz CT molecular complexity index is 975. The largest absolute Gasteiger partial charge is 0.344 e. The first kappa shape index (κ1) is 19.0. The van der Waals surface area contributed by atoms with Crippen molar-refractivity contribution in [2.24, 2.45) is 5.92 Å². The molecule has 3 amide bonds. The quantitative estimate of drug-likeness (QED) is 0.826. The van der Waals surface area contributed by atoms with Crippen LogP contribution in [0.5, 0.6) is 0 Å². The van der Waals surface area contributed by atoms with Gasteiger partial charge in [-0.2, -0.15) is 0 Å². The molecular formula is C21H19F2N3O3. The lowest BCUT2D eigenvalue weighted by Crippen LogP contribution is -2.49. The average Bonchev–Trinajstić information content (AvgIpc) is 3.06. The molecule has 2 N–H and O–H groups in total. The number of benzene rings is 2. The van der Waals surface area contributed by atoms with Crippen LogP contribution in [-0.4, -0.2) is 35.2 Å². The third kappa shape index (κ3) is 3.83. The van der Waals surface area contributed by atoms with Crippen LogP contribution in [0.3, 0.4) is 0 Å². The fraction of sp³-hybridized carbons (Fsp3) is 0.286. The number of carbonyl (C=O) groups excluding carboxylic acids is 3. The van der Waals surface area contributed by atoms with E-state index >= 15 is 0 Å². The van der Waals surface area contributed by atoms with Gasteiger partial charge in [0, 0.05) is 30.6 Å². The summed E-state index contributed by atoms with van der Waals surface area (Å²) in [7, 11) is 0. The second-order valence-electron chi connectivity index (χ2n) is 7.29. The fourth-order valence-corrected chi connectivity index (χ4v) is 3.73. The molecule has 4 rings (SSSR count). The van der Waals surface area contributed by atoms with Crippen molar-refractivity contribution in [3.8, 4) is 0 Å². The highest BCUT2D eigenvalue weighted by Crippen LogP contribution is 2.25. The second kappa shape index (κ2) is 7.62. The van der Waals surface area contributed by atoms with E-state index in [2.05, 4.69) is 10.6 Å². The zero-order valence-corrected chi connectivity index (χ0v) is 15.5. The number of nitrogens with one attached hydrogen (secondary N) is 2. The molecule has 2 atom stereocenters. The van der Waals surface area contributed by atoms with Crippen LogP contribution in [0.4, 0.5) is 14.5 Å². The molecule has 0 aliphatic carbocycles. The molecule has 8 heteroatoms. The molecule has 2 aromatic rings. The number of hydrogen-bond donors (Lipinski definition) is 2. The monoisotopic (exact) mass is 399 g/mol. The van der Waals surface area contributed by atoms with Gasteiger partial charge in [-0.3, -0.25) is 14.4 Å². The third-order valence-electron chi connectivity index (χ3n) is 5.33. The van der Waals surface area contributed by atoms with Crippen LogP contribution in [0.25, 0.3) is 0 Å². The Labute approximate surface area is 165 Å². The summed E-state index contributed by atoms with van der Waals surface area (Å²) in [4.78, 5) is 38.4. The van der Waals surface area contributed by atoms with E-state index in [0.29, 0.717) is 6.42 Å². The molecule has 0 spiro atoms. The average molecular weight is 399 g/mol. The maximum atomic E-state index is 13.9. The van der Waals surface area contributed by atoms with Crippen molar-refractivity contribution in [1.29, 1.82) is 0 Å². The summed E-state index contributed by atoms with van der Waals surface area (Å²) in [6.45, 7) is -0.193. The molecule has 2 aliphatic heterocycles. The number of para-hydroxylation sites is 1. The van der Waals surface area contributed by atoms with Crippen molar-refractivity contribution < 1.29 is 23.2 Å². The molecule has 2 aliphatic rings. The zero-order chi connectivity index (χ0) is 20.5. The molecule has 2 heterocycles. The van der Waals surface area contributed by atoms with Crippen molar-refractivity contribution in [2.45, 2.75) is 25.4 Å². The lowest BCUT2D eigenvalue weighted by atomic mass is 9.98. The first-order chi connectivity index (χ1) is 13.9. The Morgan fingerprint density at radius 2 is 1.79 bits per heavy atom. The lowest BCUT2D eigenvalue weighted by Gasteiger charge is -2.26. The maximum Gasteiger partial charge on any atom is 0.247 e. The topological polar surface area (TPSA) is 78.5 Å². The van der Waals surface area contributed by atoms with Gasteiger partial charge in [0.1, 0.15) is 17.7 Å². The number of fused-ring (bicyclic) bond motifs is 1. The predicted octanol–water partition coefficient (Wildman–Crippen LogP) is 1.99. The van der Waals surface area contributed by atoms with Crippen LogP contribution in [0.1, 0.15) is 17.5 Å². The molecular weight excluding hydrogens is 380 g/mol. The molecule has 0 bridgehead atoms. The van der Waals surface area contributed by atoms with Crippen LogP contribution < -0.4 is 10.6 Å². The highest BCUT2D eigenvalue weighted by Gasteiger charge is 2.37. The minimum atomic E-state index is -0.733. The van der Waals surface area contributed by atoms with E-state index in [-0.39, 0.29) is 36.9 Å². The van der Waals surface area contributed by atoms with Gasteiger partial charge < -0.3 is 15.5 Å². The van der Waals surface area contributed by atoms with Crippen molar-refractivity contribution in [1.82, 2.24) is 10.2 Å². The van der Waals surface area contributed by atoms with Crippen LogP contribution in [0, 0.1) is 17.6 Å². The molecule has 1 saturated heterocycles. The second-order valence-corrected chi connectivity index (χ2v) is 7.29. The first-order valence-corrected chi connectivity index (χ1v) is 9.32. The lowest BCUT2D eigenvalue weighted by molar-refractivity contribution is -0.130. The summed E-state index contributed by atoms with van der Waals surface area (Å²) in [5.41, 5.74) is 1.43. The number of nitrogens with zero attached hydrogens (tertiary/aromatic N) is 1. The van der Waals surface area contributed by atoms with Crippen molar-refractivity contribution in [2.75, 3.05) is 11.9 Å². The van der Waals surface area contributed by atoms with Crippen LogP contribution >= 0.6 is 0 Å². The number of amides is 3. The number of likely N-dealkylation sites (tertiary alicyclic amines) is 1. The Kier molecular flexibility index (Phi) is 5.00. The maximum absolute atomic E-state index is 13.9. The third-order valence-corrected chi connectivity index (χ3v) is 5.33. The highest BCUT2D eigenvalue weighted by molar-refractivity contribution is 6.00. The summed E-state index contributed by atoms with van der Waals surface area (Å²) >= 11 is 0. The number of halogens is 2. The van der Waals surface area contributed by atoms with Gasteiger partial charge in [0.15, 0.2) is 0 Å². The Morgan fingerprint density at radius 1 is 1.07 bits per heavy atom. The number of rotatable bonds is 4. The van der Waals surface area contributed by atoms with Gasteiger partial charge in [-0.1, -0.05) is 24.3 Å². The molecule has 0 saturated carbocycles. The van der Waals surface area contributed by atoms with Gasteiger partial charge in [-0.05, 0) is 23.8 Å². The zero-order valence-electron chi connectivity index (χ0n) is 15.5.